The van der Waals surface area contributed by atoms with E-state index in [1.165, 1.54) is 31.2 Å². The molecule has 0 spiro atoms. The Kier molecular flexibility index (Phi) is 6.55. The highest BCUT2D eigenvalue weighted by molar-refractivity contribution is 5.90. The van der Waals surface area contributed by atoms with E-state index in [-0.39, 0.29) is 30.8 Å². The fraction of sp³-hybridized carbons (Fsp3) is 0.333. The molecule has 5 nitrogen and oxygen atoms in total. The summed E-state index contributed by atoms with van der Waals surface area (Å²) in [7, 11) is 3.02. The second-order valence-corrected chi connectivity index (χ2v) is 4.53. The number of hydrogen-bond acceptors (Lipinski definition) is 3. The highest BCUT2D eigenvalue weighted by Crippen LogP contribution is 2.14. The predicted molar refractivity (Wildman–Crippen MR) is 77.0 cm³/mol. The predicted octanol–water partition coefficient (Wildman–Crippen LogP) is 1.27. The van der Waals surface area contributed by atoms with Gasteiger partial charge in [-0.3, -0.25) is 9.59 Å². The Morgan fingerprint density at radius 2 is 2.05 bits per heavy atom. The van der Waals surface area contributed by atoms with Crippen molar-refractivity contribution >= 4 is 11.8 Å². The van der Waals surface area contributed by atoms with Gasteiger partial charge in [0.1, 0.15) is 5.82 Å². The molecule has 0 saturated heterocycles. The fourth-order valence-corrected chi connectivity index (χ4v) is 1.77. The largest absolute Gasteiger partial charge is 0.382 e. The van der Waals surface area contributed by atoms with Crippen LogP contribution in [-0.2, 0) is 14.3 Å². The van der Waals surface area contributed by atoms with Crippen LogP contribution in [0.5, 0.6) is 0 Å². The third-order valence-electron chi connectivity index (χ3n) is 2.87. The molecule has 1 aromatic rings. The highest BCUT2D eigenvalue weighted by Gasteiger charge is 2.17. The number of halogens is 1. The number of likely N-dealkylation sites (N-methyl/N-ethyl adjacent to an activating group) is 1. The molecule has 0 saturated carbocycles. The van der Waals surface area contributed by atoms with Gasteiger partial charge in [-0.15, -0.1) is 0 Å². The zero-order valence-electron chi connectivity index (χ0n) is 12.1. The molecule has 1 N–H and O–H groups in total. The van der Waals surface area contributed by atoms with E-state index in [0.717, 1.165) is 11.6 Å². The van der Waals surface area contributed by atoms with E-state index >= 15 is 0 Å². The molecule has 0 aliphatic heterocycles. The molecule has 1 unspecified atom stereocenters. The number of carbonyl (C=O) groups excluding carboxylic acids is 2. The lowest BCUT2D eigenvalue weighted by molar-refractivity contribution is -0.131. The number of nitrogens with one attached hydrogen (secondary N) is 1. The highest BCUT2D eigenvalue weighted by atomic mass is 19.1. The maximum Gasteiger partial charge on any atom is 0.246 e. The van der Waals surface area contributed by atoms with E-state index in [0.29, 0.717) is 0 Å². The minimum absolute atomic E-state index is 0.0910. The first-order valence-corrected chi connectivity index (χ1v) is 6.39. The zero-order valence-corrected chi connectivity index (χ0v) is 12.1. The van der Waals surface area contributed by atoms with Gasteiger partial charge in [-0.25, -0.2) is 4.39 Å². The van der Waals surface area contributed by atoms with Crippen molar-refractivity contribution in [3.05, 3.63) is 48.3 Å². The Morgan fingerprint density at radius 3 is 2.57 bits per heavy atom. The molecule has 1 aromatic carbocycles. The topological polar surface area (TPSA) is 58.6 Å². The quantitative estimate of drug-likeness (QED) is 0.771. The average Bonchev–Trinajstić information content (AvgIpc) is 2.46. The van der Waals surface area contributed by atoms with Crippen LogP contribution in [0.3, 0.4) is 0 Å². The van der Waals surface area contributed by atoms with Crippen LogP contribution in [0.2, 0.25) is 0 Å². The number of carbonyl (C=O) groups is 2. The van der Waals surface area contributed by atoms with Crippen LogP contribution in [0.1, 0.15) is 11.6 Å². The number of benzene rings is 1. The van der Waals surface area contributed by atoms with Crippen LogP contribution < -0.4 is 5.32 Å². The van der Waals surface area contributed by atoms with Gasteiger partial charge >= 0.3 is 0 Å². The maximum atomic E-state index is 12.9. The first-order valence-electron chi connectivity index (χ1n) is 6.39. The normalized spacial score (nSPS) is 11.6. The molecule has 21 heavy (non-hydrogen) atoms. The second-order valence-electron chi connectivity index (χ2n) is 4.53. The van der Waals surface area contributed by atoms with E-state index in [9.17, 15) is 14.0 Å². The first kappa shape index (κ1) is 16.8. The Morgan fingerprint density at radius 1 is 1.43 bits per heavy atom. The molecular weight excluding hydrogens is 275 g/mol. The fourth-order valence-electron chi connectivity index (χ4n) is 1.77. The number of nitrogens with zero attached hydrogens (tertiary/aromatic N) is 1. The minimum Gasteiger partial charge on any atom is -0.382 e. The van der Waals surface area contributed by atoms with E-state index in [4.69, 9.17) is 4.74 Å². The Bertz CT molecular complexity index is 502. The third-order valence-corrected chi connectivity index (χ3v) is 2.87. The lowest BCUT2D eigenvalue weighted by atomic mass is 10.1. The van der Waals surface area contributed by atoms with Gasteiger partial charge in [-0.2, -0.15) is 0 Å². The van der Waals surface area contributed by atoms with Crippen molar-refractivity contribution in [3.8, 4) is 0 Å². The summed E-state index contributed by atoms with van der Waals surface area (Å²) in [5.74, 6) is -1.02. The monoisotopic (exact) mass is 294 g/mol. The Labute approximate surface area is 123 Å². The smallest absolute Gasteiger partial charge is 0.246 e. The molecule has 1 rings (SSSR count). The number of ether oxygens (including phenoxy) is 1. The average molecular weight is 294 g/mol. The van der Waals surface area contributed by atoms with Gasteiger partial charge in [-0.1, -0.05) is 18.7 Å². The van der Waals surface area contributed by atoms with Crippen LogP contribution in [-0.4, -0.2) is 44.0 Å². The molecular formula is C15H19FN2O3. The van der Waals surface area contributed by atoms with Crippen molar-refractivity contribution in [1.29, 1.82) is 0 Å². The van der Waals surface area contributed by atoms with Crippen LogP contribution in [0, 0.1) is 5.82 Å². The molecule has 6 heteroatoms. The minimum atomic E-state index is -0.407. The molecule has 1 atom stereocenters. The van der Waals surface area contributed by atoms with Crippen LogP contribution in [0.25, 0.3) is 0 Å². The standard InChI is InChI=1S/C15H19FN2O3/c1-4-15(20)18(2)9-14(19)17-13(10-21-3)11-5-7-12(16)8-6-11/h4-8,13H,1,9-10H2,2-3H3,(H,17,19). The van der Waals surface area contributed by atoms with E-state index in [2.05, 4.69) is 11.9 Å². The molecule has 0 aliphatic carbocycles. The van der Waals surface area contributed by atoms with Gasteiger partial charge in [0.15, 0.2) is 0 Å². The molecule has 0 aromatic heterocycles. The number of rotatable bonds is 7. The summed E-state index contributed by atoms with van der Waals surface area (Å²) in [6, 6.07) is 5.39. The number of amides is 2. The summed E-state index contributed by atoms with van der Waals surface area (Å²) in [6.07, 6.45) is 1.14. The van der Waals surface area contributed by atoms with Gasteiger partial charge in [-0.05, 0) is 23.8 Å². The summed E-state index contributed by atoms with van der Waals surface area (Å²) in [5, 5.41) is 2.75. The van der Waals surface area contributed by atoms with Crippen molar-refractivity contribution in [2.24, 2.45) is 0 Å². The first-order chi connectivity index (χ1) is 9.97. The molecule has 0 fully saturated rings. The van der Waals surface area contributed by atoms with Crippen molar-refractivity contribution in [3.63, 3.8) is 0 Å². The number of hydrogen-bond donors (Lipinski definition) is 1. The summed E-state index contributed by atoms with van der Waals surface area (Å²) in [6.45, 7) is 3.51. The van der Waals surface area contributed by atoms with Crippen molar-refractivity contribution in [2.45, 2.75) is 6.04 Å². The summed E-state index contributed by atoms with van der Waals surface area (Å²) in [5.41, 5.74) is 0.726. The maximum absolute atomic E-state index is 12.9. The lowest BCUT2D eigenvalue weighted by Crippen LogP contribution is -2.40. The van der Waals surface area contributed by atoms with Gasteiger partial charge in [0.25, 0.3) is 0 Å². The summed E-state index contributed by atoms with van der Waals surface area (Å²) >= 11 is 0. The van der Waals surface area contributed by atoms with E-state index in [1.54, 1.807) is 12.1 Å². The number of methoxy groups -OCH3 is 1. The van der Waals surface area contributed by atoms with Crippen molar-refractivity contribution < 1.29 is 18.7 Å². The van der Waals surface area contributed by atoms with Gasteiger partial charge in [0, 0.05) is 14.2 Å². The van der Waals surface area contributed by atoms with Crippen LogP contribution in [0.4, 0.5) is 4.39 Å². The SMILES string of the molecule is C=CC(=O)N(C)CC(=O)NC(COC)c1ccc(F)cc1. The molecule has 0 aliphatic rings. The van der Waals surface area contributed by atoms with Crippen LogP contribution >= 0.6 is 0 Å². The molecule has 0 radical (unpaired) electrons. The van der Waals surface area contributed by atoms with Gasteiger partial charge in [0.05, 0.1) is 19.2 Å². The third kappa shape index (κ3) is 5.35. The molecule has 0 bridgehead atoms. The van der Waals surface area contributed by atoms with Gasteiger partial charge < -0.3 is 15.0 Å². The Balaban J connectivity index is 2.69. The second kappa shape index (κ2) is 8.16. The molecule has 0 heterocycles. The molecule has 2 amide bonds. The lowest BCUT2D eigenvalue weighted by Gasteiger charge is -2.21. The van der Waals surface area contributed by atoms with Gasteiger partial charge in [0.2, 0.25) is 11.8 Å². The summed E-state index contributed by atoms with van der Waals surface area (Å²) in [4.78, 5) is 24.5. The molecule has 114 valence electrons. The van der Waals surface area contributed by atoms with Crippen molar-refractivity contribution in [2.75, 3.05) is 27.3 Å². The zero-order chi connectivity index (χ0) is 15.8. The van der Waals surface area contributed by atoms with E-state index in [1.807, 2.05) is 0 Å². The van der Waals surface area contributed by atoms with Crippen molar-refractivity contribution in [1.82, 2.24) is 10.2 Å². The Hall–Kier alpha value is -2.21. The summed E-state index contributed by atoms with van der Waals surface area (Å²) < 4.78 is 18.0. The van der Waals surface area contributed by atoms with Crippen LogP contribution in [0.15, 0.2) is 36.9 Å². The van der Waals surface area contributed by atoms with E-state index < -0.39 is 6.04 Å².